The number of carbonyl (C=O) groups excluding carboxylic acids is 1. The maximum atomic E-state index is 13.2. The van der Waals surface area contributed by atoms with E-state index < -0.39 is 15.7 Å². The first-order valence-corrected chi connectivity index (χ1v) is 11.4. The van der Waals surface area contributed by atoms with Gasteiger partial charge in [-0.2, -0.15) is 0 Å². The summed E-state index contributed by atoms with van der Waals surface area (Å²) >= 11 is 6.15. The van der Waals surface area contributed by atoms with Crippen LogP contribution in [0.3, 0.4) is 0 Å². The summed E-state index contributed by atoms with van der Waals surface area (Å²) in [5, 5.41) is 0.414. The highest BCUT2D eigenvalue weighted by molar-refractivity contribution is 7.96. The van der Waals surface area contributed by atoms with Gasteiger partial charge in [0, 0.05) is 30.0 Å². The molecule has 1 saturated heterocycles. The predicted octanol–water partition coefficient (Wildman–Crippen LogP) is 4.13. The molecule has 2 heterocycles. The van der Waals surface area contributed by atoms with Gasteiger partial charge in [0.2, 0.25) is 9.84 Å². The molecule has 0 aromatic heterocycles. The van der Waals surface area contributed by atoms with Gasteiger partial charge in [-0.15, -0.1) is 0 Å². The number of carbonyl (C=O) groups is 1. The molecule has 0 N–H and O–H groups in total. The van der Waals surface area contributed by atoms with E-state index >= 15 is 0 Å². The molecule has 1 amide bonds. The molecule has 6 nitrogen and oxygen atoms in total. The molecule has 2 aliphatic rings. The van der Waals surface area contributed by atoms with Gasteiger partial charge in [-0.25, -0.2) is 8.42 Å². The maximum Gasteiger partial charge on any atom is 0.267 e. The number of nitrogens with zero attached hydrogens (tertiary/aromatic N) is 2. The van der Waals surface area contributed by atoms with Crippen molar-refractivity contribution in [2.24, 2.45) is 0 Å². The molecule has 2 aliphatic heterocycles. The summed E-state index contributed by atoms with van der Waals surface area (Å²) in [6.07, 6.45) is 3.17. The van der Waals surface area contributed by atoms with Gasteiger partial charge in [-0.1, -0.05) is 11.6 Å². The number of hydrogen-bond donors (Lipinski definition) is 0. The Morgan fingerprint density at radius 2 is 1.79 bits per heavy atom. The van der Waals surface area contributed by atoms with Crippen LogP contribution in [0, 0.1) is 0 Å². The van der Waals surface area contributed by atoms with Crippen LogP contribution in [0.25, 0.3) is 0 Å². The second kappa shape index (κ2) is 7.72. The molecule has 0 unspecified atom stereocenters. The fourth-order valence-corrected chi connectivity index (χ4v) is 5.30. The quantitative estimate of drug-likeness (QED) is 0.726. The molecule has 152 valence electrons. The number of amides is 1. The Balaban J connectivity index is 1.84. The van der Waals surface area contributed by atoms with Crippen LogP contribution in [0.2, 0.25) is 5.02 Å². The SMILES string of the molecule is CCOc1ccc(N2C=C(C(=O)N3CCCC3)S(=O)(=O)c3ccc(Cl)cc32)cc1. The molecule has 8 heteroatoms. The highest BCUT2D eigenvalue weighted by Crippen LogP contribution is 2.41. The predicted molar refractivity (Wildman–Crippen MR) is 112 cm³/mol. The third-order valence-corrected chi connectivity index (χ3v) is 7.05. The van der Waals surface area contributed by atoms with Gasteiger partial charge in [-0.05, 0) is 62.2 Å². The molecule has 2 aromatic carbocycles. The number of rotatable bonds is 4. The van der Waals surface area contributed by atoms with Crippen LogP contribution in [0.1, 0.15) is 19.8 Å². The van der Waals surface area contributed by atoms with Crippen molar-refractivity contribution >= 4 is 38.7 Å². The third kappa shape index (κ3) is 3.60. The standard InChI is InChI=1S/C21H21ClN2O4S/c1-2-28-17-8-6-16(7-9-17)24-14-20(21(25)23-11-3-4-12-23)29(26,27)19-10-5-15(22)13-18(19)24/h5-10,13-14H,2-4,11-12H2,1H3. The molecule has 0 saturated carbocycles. The molecule has 29 heavy (non-hydrogen) atoms. The highest BCUT2D eigenvalue weighted by atomic mass is 35.5. The van der Waals surface area contributed by atoms with E-state index in [1.165, 1.54) is 18.3 Å². The van der Waals surface area contributed by atoms with Gasteiger partial charge < -0.3 is 14.5 Å². The minimum absolute atomic E-state index is 0.0702. The van der Waals surface area contributed by atoms with Crippen molar-refractivity contribution in [3.8, 4) is 5.75 Å². The van der Waals surface area contributed by atoms with E-state index in [9.17, 15) is 13.2 Å². The Morgan fingerprint density at radius 3 is 2.45 bits per heavy atom. The van der Waals surface area contributed by atoms with Gasteiger partial charge >= 0.3 is 0 Å². The lowest BCUT2D eigenvalue weighted by molar-refractivity contribution is -0.125. The van der Waals surface area contributed by atoms with Crippen LogP contribution < -0.4 is 9.64 Å². The lowest BCUT2D eigenvalue weighted by Crippen LogP contribution is -2.35. The first kappa shape index (κ1) is 19.8. The van der Waals surface area contributed by atoms with Crippen LogP contribution >= 0.6 is 11.6 Å². The number of benzene rings is 2. The van der Waals surface area contributed by atoms with Crippen molar-refractivity contribution in [3.63, 3.8) is 0 Å². The second-order valence-corrected chi connectivity index (χ2v) is 9.23. The fraction of sp³-hybridized carbons (Fsp3) is 0.286. The van der Waals surface area contributed by atoms with E-state index in [1.54, 1.807) is 15.9 Å². The Morgan fingerprint density at radius 1 is 1.10 bits per heavy atom. The molecule has 4 rings (SSSR count). The minimum Gasteiger partial charge on any atom is -0.494 e. The van der Waals surface area contributed by atoms with Gasteiger partial charge in [0.25, 0.3) is 5.91 Å². The van der Waals surface area contributed by atoms with Gasteiger partial charge in [0.15, 0.2) is 4.91 Å². The normalized spacial score (nSPS) is 17.7. The van der Waals surface area contributed by atoms with Crippen LogP contribution in [0.4, 0.5) is 11.4 Å². The maximum absolute atomic E-state index is 13.2. The van der Waals surface area contributed by atoms with Crippen molar-refractivity contribution < 1.29 is 17.9 Å². The average Bonchev–Trinajstić information content (AvgIpc) is 3.23. The summed E-state index contributed by atoms with van der Waals surface area (Å²) in [6.45, 7) is 3.60. The second-order valence-electron chi connectivity index (χ2n) is 6.91. The van der Waals surface area contributed by atoms with Gasteiger partial charge in [0.1, 0.15) is 5.75 Å². The third-order valence-electron chi connectivity index (χ3n) is 5.04. The first-order chi connectivity index (χ1) is 13.9. The number of hydrogen-bond acceptors (Lipinski definition) is 5. The number of fused-ring (bicyclic) bond motifs is 1. The van der Waals surface area contributed by atoms with Crippen molar-refractivity contribution in [1.29, 1.82) is 0 Å². The number of sulfone groups is 1. The lowest BCUT2D eigenvalue weighted by atomic mass is 10.2. The van der Waals surface area contributed by atoms with Crippen LogP contribution in [0.15, 0.2) is 58.5 Å². The van der Waals surface area contributed by atoms with Crippen LogP contribution in [-0.4, -0.2) is 38.9 Å². The molecule has 0 aliphatic carbocycles. The number of ether oxygens (including phenoxy) is 1. The Bertz CT molecular complexity index is 1070. The van der Waals surface area contributed by atoms with Crippen LogP contribution in [-0.2, 0) is 14.6 Å². The average molecular weight is 433 g/mol. The molecular weight excluding hydrogens is 412 g/mol. The summed E-state index contributed by atoms with van der Waals surface area (Å²) in [7, 11) is -3.95. The Kier molecular flexibility index (Phi) is 5.27. The summed E-state index contributed by atoms with van der Waals surface area (Å²) in [6, 6.07) is 11.8. The molecule has 0 spiro atoms. The first-order valence-electron chi connectivity index (χ1n) is 9.49. The zero-order valence-electron chi connectivity index (χ0n) is 16.0. The molecule has 0 bridgehead atoms. The van der Waals surface area contributed by atoms with E-state index in [2.05, 4.69) is 0 Å². The van der Waals surface area contributed by atoms with Gasteiger partial charge in [-0.3, -0.25) is 4.79 Å². The van der Waals surface area contributed by atoms with E-state index in [4.69, 9.17) is 16.3 Å². The van der Waals surface area contributed by atoms with Crippen molar-refractivity contribution in [2.75, 3.05) is 24.6 Å². The minimum atomic E-state index is -3.95. The Hall–Kier alpha value is -2.51. The van der Waals surface area contributed by atoms with E-state index in [-0.39, 0.29) is 9.80 Å². The Labute approximate surface area is 175 Å². The van der Waals surface area contributed by atoms with E-state index in [1.807, 2.05) is 31.2 Å². The number of likely N-dealkylation sites (tertiary alicyclic amines) is 1. The zero-order valence-corrected chi connectivity index (χ0v) is 17.5. The molecule has 1 fully saturated rings. The van der Waals surface area contributed by atoms with Gasteiger partial charge in [0.05, 0.1) is 17.2 Å². The van der Waals surface area contributed by atoms with Crippen LogP contribution in [0.5, 0.6) is 5.75 Å². The van der Waals surface area contributed by atoms with Crippen molar-refractivity contribution in [2.45, 2.75) is 24.7 Å². The summed E-state index contributed by atoms with van der Waals surface area (Å²) < 4.78 is 31.9. The molecule has 2 aromatic rings. The van der Waals surface area contributed by atoms with E-state index in [0.717, 1.165) is 12.8 Å². The number of anilines is 2. The largest absolute Gasteiger partial charge is 0.494 e. The zero-order chi connectivity index (χ0) is 20.6. The fourth-order valence-electron chi connectivity index (χ4n) is 3.61. The monoisotopic (exact) mass is 432 g/mol. The van der Waals surface area contributed by atoms with Crippen molar-refractivity contribution in [1.82, 2.24) is 4.90 Å². The summed E-state index contributed by atoms with van der Waals surface area (Å²) in [5.74, 6) is 0.253. The van der Waals surface area contributed by atoms with Crippen molar-refractivity contribution in [3.05, 3.63) is 58.6 Å². The highest BCUT2D eigenvalue weighted by Gasteiger charge is 2.38. The lowest BCUT2D eigenvalue weighted by Gasteiger charge is -2.30. The molecule has 0 atom stereocenters. The van der Waals surface area contributed by atoms with E-state index in [0.29, 0.717) is 41.8 Å². The molecule has 0 radical (unpaired) electrons. The smallest absolute Gasteiger partial charge is 0.267 e. The topological polar surface area (TPSA) is 66.9 Å². The number of halogens is 1. The summed E-state index contributed by atoms with van der Waals surface area (Å²) in [5.41, 5.74) is 1.12. The summed E-state index contributed by atoms with van der Waals surface area (Å²) in [4.78, 5) is 16.2. The molecular formula is C21H21ClN2O4S.